The van der Waals surface area contributed by atoms with Gasteiger partial charge in [-0.1, -0.05) is 60.8 Å². The summed E-state index contributed by atoms with van der Waals surface area (Å²) in [4.78, 5) is 25.3. The van der Waals surface area contributed by atoms with Gasteiger partial charge in [-0.25, -0.2) is 10.1 Å². The molecule has 6 nitrogen and oxygen atoms in total. The third kappa shape index (κ3) is 4.40. The number of hydrogen-bond acceptors (Lipinski definition) is 4. The molecule has 0 bridgehead atoms. The van der Waals surface area contributed by atoms with Crippen molar-refractivity contribution in [2.75, 3.05) is 0 Å². The van der Waals surface area contributed by atoms with Crippen LogP contribution in [0.3, 0.4) is 0 Å². The molecule has 144 valence electrons. The Balaban J connectivity index is 1.91. The van der Waals surface area contributed by atoms with Crippen molar-refractivity contribution in [2.24, 2.45) is 5.10 Å². The molecule has 0 unspecified atom stereocenters. The molecule has 1 amide bonds. The first-order valence-corrected chi connectivity index (χ1v) is 9.55. The summed E-state index contributed by atoms with van der Waals surface area (Å²) in [6.45, 7) is 2.47. The minimum atomic E-state index is -0.511. The van der Waals surface area contributed by atoms with Gasteiger partial charge >= 0.3 is 0 Å². The Morgan fingerprint density at radius 3 is 2.68 bits per heavy atom. The molecule has 0 radical (unpaired) electrons. The number of unbranched alkanes of at least 4 members (excludes halogenated alkanes) is 1. The summed E-state index contributed by atoms with van der Waals surface area (Å²) in [5.74, 6) is -0.511. The lowest BCUT2D eigenvalue weighted by Crippen LogP contribution is -2.29. The number of hydrogen-bond donors (Lipinski definition) is 1. The zero-order chi connectivity index (χ0) is 20.1. The molecule has 2 aromatic carbocycles. The van der Waals surface area contributed by atoms with Crippen LogP contribution < -0.4 is 11.0 Å². The number of aromatic nitrogens is 2. The maximum atomic E-state index is 12.7. The van der Waals surface area contributed by atoms with E-state index in [0.717, 1.165) is 12.8 Å². The SMILES string of the molecule is CCCCn1nc(C(=O)N/N=C\c2ccc(Cl)cc2Cl)c2ccccc2c1=O. The van der Waals surface area contributed by atoms with Gasteiger partial charge in [0.05, 0.1) is 16.6 Å². The highest BCUT2D eigenvalue weighted by Crippen LogP contribution is 2.19. The highest BCUT2D eigenvalue weighted by molar-refractivity contribution is 6.36. The lowest BCUT2D eigenvalue weighted by Gasteiger charge is -2.09. The molecule has 1 aromatic heterocycles. The van der Waals surface area contributed by atoms with E-state index in [2.05, 4.69) is 15.6 Å². The second-order valence-corrected chi connectivity index (χ2v) is 6.98. The normalized spacial score (nSPS) is 11.2. The van der Waals surface area contributed by atoms with Gasteiger partial charge in [0, 0.05) is 22.5 Å². The molecular weight excluding hydrogens is 399 g/mol. The summed E-state index contributed by atoms with van der Waals surface area (Å²) < 4.78 is 1.33. The van der Waals surface area contributed by atoms with Crippen LogP contribution in [0.2, 0.25) is 10.0 Å². The number of rotatable bonds is 6. The van der Waals surface area contributed by atoms with Gasteiger partial charge in [0.15, 0.2) is 5.69 Å². The Morgan fingerprint density at radius 1 is 1.21 bits per heavy atom. The van der Waals surface area contributed by atoms with E-state index in [1.165, 1.54) is 10.9 Å². The summed E-state index contributed by atoms with van der Waals surface area (Å²) >= 11 is 12.0. The summed E-state index contributed by atoms with van der Waals surface area (Å²) in [7, 11) is 0. The van der Waals surface area contributed by atoms with Crippen LogP contribution in [0.15, 0.2) is 52.4 Å². The van der Waals surface area contributed by atoms with Crippen LogP contribution in [0.25, 0.3) is 10.8 Å². The molecule has 3 rings (SSSR count). The Morgan fingerprint density at radius 2 is 1.96 bits per heavy atom. The van der Waals surface area contributed by atoms with E-state index < -0.39 is 5.91 Å². The van der Waals surface area contributed by atoms with Gasteiger partial charge in [0.2, 0.25) is 0 Å². The van der Waals surface area contributed by atoms with Gasteiger partial charge in [-0.2, -0.15) is 10.2 Å². The Labute approximate surface area is 171 Å². The molecule has 0 aliphatic rings. The molecule has 0 atom stereocenters. The first-order chi connectivity index (χ1) is 13.5. The van der Waals surface area contributed by atoms with E-state index in [0.29, 0.717) is 32.9 Å². The quantitative estimate of drug-likeness (QED) is 0.481. The van der Waals surface area contributed by atoms with Gasteiger partial charge in [-0.3, -0.25) is 9.59 Å². The molecule has 0 aliphatic heterocycles. The van der Waals surface area contributed by atoms with Crippen LogP contribution >= 0.6 is 23.2 Å². The highest BCUT2D eigenvalue weighted by atomic mass is 35.5. The second kappa shape index (κ2) is 8.99. The van der Waals surface area contributed by atoms with E-state index in [9.17, 15) is 9.59 Å². The smallest absolute Gasteiger partial charge is 0.267 e. The van der Waals surface area contributed by atoms with Gasteiger partial charge in [-0.15, -0.1) is 0 Å². The number of nitrogens with one attached hydrogen (secondary N) is 1. The fourth-order valence-electron chi connectivity index (χ4n) is 2.68. The number of carbonyl (C=O) groups excluding carboxylic acids is 1. The molecule has 0 saturated carbocycles. The number of carbonyl (C=O) groups is 1. The average Bonchev–Trinajstić information content (AvgIpc) is 2.69. The molecule has 28 heavy (non-hydrogen) atoms. The van der Waals surface area contributed by atoms with E-state index in [1.54, 1.807) is 42.5 Å². The molecule has 1 heterocycles. The van der Waals surface area contributed by atoms with Gasteiger partial charge in [0.1, 0.15) is 0 Å². The third-order valence-electron chi connectivity index (χ3n) is 4.14. The number of aryl methyl sites for hydroxylation is 1. The van der Waals surface area contributed by atoms with Crippen molar-refractivity contribution in [1.82, 2.24) is 15.2 Å². The zero-order valence-electron chi connectivity index (χ0n) is 15.2. The zero-order valence-corrected chi connectivity index (χ0v) is 16.7. The first-order valence-electron chi connectivity index (χ1n) is 8.79. The van der Waals surface area contributed by atoms with Crippen LogP contribution in [0.5, 0.6) is 0 Å². The summed E-state index contributed by atoms with van der Waals surface area (Å²) in [5.41, 5.74) is 2.99. The molecule has 0 fully saturated rings. The van der Waals surface area contributed by atoms with Crippen molar-refractivity contribution in [3.05, 3.63) is 74.1 Å². The fourth-order valence-corrected chi connectivity index (χ4v) is 3.14. The van der Waals surface area contributed by atoms with E-state index in [1.807, 2.05) is 6.92 Å². The largest absolute Gasteiger partial charge is 0.292 e. The van der Waals surface area contributed by atoms with Crippen molar-refractivity contribution in [2.45, 2.75) is 26.3 Å². The predicted molar refractivity (Wildman–Crippen MR) is 112 cm³/mol. The van der Waals surface area contributed by atoms with Gasteiger partial charge < -0.3 is 0 Å². The number of halogens is 2. The number of amides is 1. The Kier molecular flexibility index (Phi) is 6.44. The van der Waals surface area contributed by atoms with Crippen molar-refractivity contribution in [3.8, 4) is 0 Å². The molecule has 0 saturated heterocycles. The van der Waals surface area contributed by atoms with Crippen LogP contribution in [-0.4, -0.2) is 21.9 Å². The highest BCUT2D eigenvalue weighted by Gasteiger charge is 2.16. The van der Waals surface area contributed by atoms with Gasteiger partial charge in [0.25, 0.3) is 11.5 Å². The third-order valence-corrected chi connectivity index (χ3v) is 4.70. The van der Waals surface area contributed by atoms with E-state index in [-0.39, 0.29) is 11.3 Å². The maximum absolute atomic E-state index is 12.7. The summed E-state index contributed by atoms with van der Waals surface area (Å²) in [5, 5.41) is 10.1. The standard InChI is InChI=1S/C20H18Cl2N4O2/c1-2-3-10-26-20(28)16-7-5-4-6-15(16)18(25-26)19(27)24-23-12-13-8-9-14(21)11-17(13)22/h4-9,11-12H,2-3,10H2,1H3,(H,24,27)/b23-12-. The molecule has 0 aliphatic carbocycles. The van der Waals surface area contributed by atoms with E-state index in [4.69, 9.17) is 23.2 Å². The van der Waals surface area contributed by atoms with Crippen LogP contribution in [0.4, 0.5) is 0 Å². The monoisotopic (exact) mass is 416 g/mol. The second-order valence-electron chi connectivity index (χ2n) is 6.14. The van der Waals surface area contributed by atoms with Crippen LogP contribution in [-0.2, 0) is 6.54 Å². The lowest BCUT2D eigenvalue weighted by molar-refractivity contribution is 0.0949. The minimum absolute atomic E-state index is 0.144. The minimum Gasteiger partial charge on any atom is -0.267 e. The number of benzene rings is 2. The molecule has 3 aromatic rings. The summed E-state index contributed by atoms with van der Waals surface area (Å²) in [6.07, 6.45) is 3.13. The molecule has 0 spiro atoms. The van der Waals surface area contributed by atoms with E-state index >= 15 is 0 Å². The van der Waals surface area contributed by atoms with Crippen LogP contribution in [0, 0.1) is 0 Å². The van der Waals surface area contributed by atoms with Crippen molar-refractivity contribution >= 4 is 46.1 Å². The number of hydrazone groups is 1. The lowest BCUT2D eigenvalue weighted by atomic mass is 10.1. The van der Waals surface area contributed by atoms with Gasteiger partial charge in [-0.05, 0) is 24.6 Å². The summed E-state index contributed by atoms with van der Waals surface area (Å²) in [6, 6.07) is 11.9. The predicted octanol–water partition coefficient (Wildman–Crippen LogP) is 4.27. The Hall–Kier alpha value is -2.70. The maximum Gasteiger partial charge on any atom is 0.292 e. The molecule has 1 N–H and O–H groups in total. The fraction of sp³-hybridized carbons (Fsp3) is 0.200. The van der Waals surface area contributed by atoms with Crippen molar-refractivity contribution < 1.29 is 4.79 Å². The average molecular weight is 417 g/mol. The molecular formula is C20H18Cl2N4O2. The number of fused-ring (bicyclic) bond motifs is 1. The van der Waals surface area contributed by atoms with Crippen molar-refractivity contribution in [1.29, 1.82) is 0 Å². The molecule has 8 heteroatoms. The topological polar surface area (TPSA) is 76.3 Å². The Bertz CT molecular complexity index is 1110. The van der Waals surface area contributed by atoms with Crippen LogP contribution in [0.1, 0.15) is 35.8 Å². The number of nitrogens with zero attached hydrogens (tertiary/aromatic N) is 3. The van der Waals surface area contributed by atoms with Crippen molar-refractivity contribution in [3.63, 3.8) is 0 Å². The first kappa shape index (κ1) is 20.0.